The van der Waals surface area contributed by atoms with Gasteiger partial charge in [0.15, 0.2) is 0 Å². The monoisotopic (exact) mass is 273 g/mol. The van der Waals surface area contributed by atoms with Gasteiger partial charge in [0, 0.05) is 5.56 Å². The maximum atomic E-state index is 13.4. The minimum atomic E-state index is -0.228. The Hall–Kier alpha value is -1.87. The molecule has 0 aliphatic heterocycles. The van der Waals surface area contributed by atoms with Crippen molar-refractivity contribution in [2.24, 2.45) is 0 Å². The highest BCUT2D eigenvalue weighted by molar-refractivity contribution is 5.43. The maximum absolute atomic E-state index is 13.4. The predicted molar refractivity (Wildman–Crippen MR) is 79.7 cm³/mol. The van der Waals surface area contributed by atoms with Crippen LogP contribution in [-0.2, 0) is 0 Å². The van der Waals surface area contributed by atoms with E-state index in [-0.39, 0.29) is 11.9 Å². The summed E-state index contributed by atoms with van der Waals surface area (Å²) in [6.07, 6.45) is 0. The minimum Gasteiger partial charge on any atom is -0.494 e. The Morgan fingerprint density at radius 2 is 2.00 bits per heavy atom. The van der Waals surface area contributed by atoms with Crippen molar-refractivity contribution in [2.75, 3.05) is 13.7 Å². The van der Waals surface area contributed by atoms with Gasteiger partial charge >= 0.3 is 0 Å². The summed E-state index contributed by atoms with van der Waals surface area (Å²) in [5.41, 5.74) is 3.07. The average Bonchev–Trinajstić information content (AvgIpc) is 2.43. The molecule has 0 saturated carbocycles. The molecule has 2 nitrogen and oxygen atoms in total. The number of hydrogen-bond donors (Lipinski definition) is 1. The highest BCUT2D eigenvalue weighted by atomic mass is 19.1. The largest absolute Gasteiger partial charge is 0.494 e. The van der Waals surface area contributed by atoms with Crippen molar-refractivity contribution >= 4 is 0 Å². The Morgan fingerprint density at radius 3 is 2.65 bits per heavy atom. The molecule has 106 valence electrons. The van der Waals surface area contributed by atoms with Crippen LogP contribution in [0.1, 0.15) is 29.7 Å². The number of nitrogens with one attached hydrogen (secondary N) is 1. The van der Waals surface area contributed by atoms with E-state index in [2.05, 4.69) is 11.4 Å². The topological polar surface area (TPSA) is 21.3 Å². The van der Waals surface area contributed by atoms with Crippen LogP contribution >= 0.6 is 0 Å². The summed E-state index contributed by atoms with van der Waals surface area (Å²) in [6, 6.07) is 12.6. The van der Waals surface area contributed by atoms with Gasteiger partial charge in [0.25, 0.3) is 0 Å². The second-order valence-electron chi connectivity index (χ2n) is 4.75. The van der Waals surface area contributed by atoms with Crippen LogP contribution in [0.5, 0.6) is 5.75 Å². The van der Waals surface area contributed by atoms with Crippen LogP contribution in [0.2, 0.25) is 0 Å². The Labute approximate surface area is 119 Å². The molecule has 0 aromatic heterocycles. The van der Waals surface area contributed by atoms with Crippen LogP contribution < -0.4 is 10.1 Å². The first-order valence-corrected chi connectivity index (χ1v) is 6.81. The van der Waals surface area contributed by atoms with E-state index >= 15 is 0 Å². The Kier molecular flexibility index (Phi) is 4.74. The third kappa shape index (κ3) is 3.17. The van der Waals surface area contributed by atoms with Gasteiger partial charge in [0.2, 0.25) is 0 Å². The molecule has 0 amide bonds. The quantitative estimate of drug-likeness (QED) is 0.893. The van der Waals surface area contributed by atoms with Gasteiger partial charge in [-0.2, -0.15) is 0 Å². The second kappa shape index (κ2) is 6.53. The summed E-state index contributed by atoms with van der Waals surface area (Å²) in [4.78, 5) is 0. The van der Waals surface area contributed by atoms with E-state index in [1.54, 1.807) is 12.1 Å². The fraction of sp³-hybridized carbons (Fsp3) is 0.294. The summed E-state index contributed by atoms with van der Waals surface area (Å²) in [5.74, 6) is 0.607. The first-order valence-electron chi connectivity index (χ1n) is 6.81. The fourth-order valence-corrected chi connectivity index (χ4v) is 2.37. The third-order valence-corrected chi connectivity index (χ3v) is 3.25. The lowest BCUT2D eigenvalue weighted by Gasteiger charge is -2.21. The summed E-state index contributed by atoms with van der Waals surface area (Å²) in [5, 5.41) is 3.24. The summed E-state index contributed by atoms with van der Waals surface area (Å²) >= 11 is 0. The van der Waals surface area contributed by atoms with Gasteiger partial charge in [0.1, 0.15) is 11.6 Å². The standard InChI is InChI=1S/C17H20FNO/c1-4-20-16-9-8-12(2)10-15(16)17(19-3)13-6-5-7-14(18)11-13/h5-11,17,19H,4H2,1-3H3. The van der Waals surface area contributed by atoms with Gasteiger partial charge in [-0.3, -0.25) is 0 Å². The van der Waals surface area contributed by atoms with Gasteiger partial charge in [-0.15, -0.1) is 0 Å². The zero-order valence-corrected chi connectivity index (χ0v) is 12.1. The number of benzene rings is 2. The molecule has 0 saturated heterocycles. The lowest BCUT2D eigenvalue weighted by Crippen LogP contribution is -2.19. The van der Waals surface area contributed by atoms with Crippen molar-refractivity contribution in [1.82, 2.24) is 5.32 Å². The molecule has 0 heterocycles. The molecule has 3 heteroatoms. The zero-order valence-electron chi connectivity index (χ0n) is 12.1. The van der Waals surface area contributed by atoms with Gasteiger partial charge in [-0.25, -0.2) is 4.39 Å². The van der Waals surface area contributed by atoms with E-state index in [0.29, 0.717) is 6.61 Å². The first-order chi connectivity index (χ1) is 9.65. The van der Waals surface area contributed by atoms with Crippen molar-refractivity contribution in [3.63, 3.8) is 0 Å². The molecule has 1 unspecified atom stereocenters. The Bertz CT molecular complexity index is 583. The van der Waals surface area contributed by atoms with Crippen LogP contribution in [0.4, 0.5) is 4.39 Å². The second-order valence-corrected chi connectivity index (χ2v) is 4.75. The Morgan fingerprint density at radius 1 is 1.20 bits per heavy atom. The normalized spacial score (nSPS) is 12.2. The van der Waals surface area contributed by atoms with E-state index < -0.39 is 0 Å². The van der Waals surface area contributed by atoms with Crippen molar-refractivity contribution in [1.29, 1.82) is 0 Å². The van der Waals surface area contributed by atoms with E-state index in [0.717, 1.165) is 22.4 Å². The number of aryl methyl sites for hydroxylation is 1. The van der Waals surface area contributed by atoms with Gasteiger partial charge in [0.05, 0.1) is 12.6 Å². The van der Waals surface area contributed by atoms with E-state index in [1.165, 1.54) is 6.07 Å². The molecule has 2 aromatic rings. The highest BCUT2D eigenvalue weighted by Gasteiger charge is 2.17. The summed E-state index contributed by atoms with van der Waals surface area (Å²) in [6.45, 7) is 4.60. The van der Waals surface area contributed by atoms with Crippen LogP contribution in [0.15, 0.2) is 42.5 Å². The highest BCUT2D eigenvalue weighted by Crippen LogP contribution is 2.31. The molecule has 0 radical (unpaired) electrons. The van der Waals surface area contributed by atoms with Crippen molar-refractivity contribution in [3.8, 4) is 5.75 Å². The first kappa shape index (κ1) is 14.5. The van der Waals surface area contributed by atoms with Crippen LogP contribution in [0, 0.1) is 12.7 Å². The van der Waals surface area contributed by atoms with Crippen LogP contribution in [0.25, 0.3) is 0 Å². The smallest absolute Gasteiger partial charge is 0.124 e. The molecule has 1 N–H and O–H groups in total. The molecule has 2 aromatic carbocycles. The lowest BCUT2D eigenvalue weighted by molar-refractivity contribution is 0.334. The molecule has 1 atom stereocenters. The number of halogens is 1. The lowest BCUT2D eigenvalue weighted by atomic mass is 9.96. The number of rotatable bonds is 5. The number of hydrogen-bond acceptors (Lipinski definition) is 2. The zero-order chi connectivity index (χ0) is 14.5. The molecule has 0 bridgehead atoms. The molecule has 0 fully saturated rings. The van der Waals surface area contributed by atoms with Crippen molar-refractivity contribution < 1.29 is 9.13 Å². The Balaban J connectivity index is 2.48. The molecule has 2 rings (SSSR count). The van der Waals surface area contributed by atoms with E-state index in [1.807, 2.05) is 39.1 Å². The molecular weight excluding hydrogens is 253 g/mol. The average molecular weight is 273 g/mol. The molecule has 0 spiro atoms. The van der Waals surface area contributed by atoms with Gasteiger partial charge in [-0.1, -0.05) is 29.8 Å². The molecule has 20 heavy (non-hydrogen) atoms. The number of ether oxygens (including phenoxy) is 1. The van der Waals surface area contributed by atoms with Crippen molar-refractivity contribution in [3.05, 3.63) is 65.0 Å². The summed E-state index contributed by atoms with van der Waals surface area (Å²) in [7, 11) is 1.87. The van der Waals surface area contributed by atoms with Crippen molar-refractivity contribution in [2.45, 2.75) is 19.9 Å². The SMILES string of the molecule is CCOc1ccc(C)cc1C(NC)c1cccc(F)c1. The van der Waals surface area contributed by atoms with Crippen LogP contribution in [-0.4, -0.2) is 13.7 Å². The predicted octanol–water partition coefficient (Wildman–Crippen LogP) is 3.84. The van der Waals surface area contributed by atoms with Gasteiger partial charge < -0.3 is 10.1 Å². The minimum absolute atomic E-state index is 0.0906. The maximum Gasteiger partial charge on any atom is 0.124 e. The van der Waals surface area contributed by atoms with E-state index in [4.69, 9.17) is 4.74 Å². The third-order valence-electron chi connectivity index (χ3n) is 3.25. The molecular formula is C17H20FNO. The molecule has 0 aliphatic carbocycles. The molecule has 0 aliphatic rings. The summed E-state index contributed by atoms with van der Waals surface area (Å²) < 4.78 is 19.1. The fourth-order valence-electron chi connectivity index (χ4n) is 2.37. The van der Waals surface area contributed by atoms with Gasteiger partial charge in [-0.05, 0) is 44.7 Å². The van der Waals surface area contributed by atoms with E-state index in [9.17, 15) is 4.39 Å². The van der Waals surface area contributed by atoms with Crippen LogP contribution in [0.3, 0.4) is 0 Å².